The molecule has 4 rings (SSSR count). The Kier molecular flexibility index (Phi) is 6.34. The van der Waals surface area contributed by atoms with Crippen LogP contribution in [0.1, 0.15) is 44.6 Å². The molecule has 9 nitrogen and oxygen atoms in total. The number of pyridine rings is 2. The van der Waals surface area contributed by atoms with Gasteiger partial charge in [0.2, 0.25) is 5.91 Å². The van der Waals surface area contributed by atoms with Crippen LogP contribution < -0.4 is 15.4 Å². The molecule has 0 radical (unpaired) electrons. The normalized spacial score (nSPS) is 22.7. The third kappa shape index (κ3) is 4.56. The first-order valence-corrected chi connectivity index (χ1v) is 10.9. The molecule has 1 saturated carbocycles. The molecule has 2 aliphatic rings. The molecular formula is C23H27N5O4. The maximum Gasteiger partial charge on any atom is 0.325 e. The van der Waals surface area contributed by atoms with E-state index in [-0.39, 0.29) is 24.9 Å². The van der Waals surface area contributed by atoms with Gasteiger partial charge in [0.15, 0.2) is 11.6 Å². The SMILES string of the molecule is CCC1CCC2(CC1)NC(=O)N(CC(=O)Nc1ncccc1OCc1ccncc1)C2=O. The molecule has 1 aliphatic heterocycles. The second kappa shape index (κ2) is 9.33. The van der Waals surface area contributed by atoms with Gasteiger partial charge in [-0.2, -0.15) is 0 Å². The van der Waals surface area contributed by atoms with E-state index < -0.39 is 17.5 Å². The highest BCUT2D eigenvalue weighted by molar-refractivity contribution is 6.10. The monoisotopic (exact) mass is 437 g/mol. The second-order valence-corrected chi connectivity index (χ2v) is 8.30. The van der Waals surface area contributed by atoms with Gasteiger partial charge in [-0.25, -0.2) is 9.78 Å². The number of nitrogens with zero attached hydrogens (tertiary/aromatic N) is 3. The average Bonchev–Trinajstić information content (AvgIpc) is 3.03. The van der Waals surface area contributed by atoms with Gasteiger partial charge < -0.3 is 15.4 Å². The fraction of sp³-hybridized carbons (Fsp3) is 0.435. The molecule has 0 atom stereocenters. The minimum absolute atomic E-state index is 0.233. The molecule has 2 N–H and O–H groups in total. The summed E-state index contributed by atoms with van der Waals surface area (Å²) in [5.41, 5.74) is 0.0517. The molecule has 3 heterocycles. The molecule has 32 heavy (non-hydrogen) atoms. The van der Waals surface area contributed by atoms with E-state index >= 15 is 0 Å². The highest BCUT2D eigenvalue weighted by Gasteiger charge is 2.52. The maximum absolute atomic E-state index is 13.0. The summed E-state index contributed by atoms with van der Waals surface area (Å²) in [7, 11) is 0. The van der Waals surface area contributed by atoms with Crippen molar-refractivity contribution in [3.63, 3.8) is 0 Å². The number of carbonyl (C=O) groups excluding carboxylic acids is 3. The zero-order chi connectivity index (χ0) is 22.6. The number of anilines is 1. The maximum atomic E-state index is 13.0. The van der Waals surface area contributed by atoms with Crippen molar-refractivity contribution in [3.8, 4) is 5.75 Å². The Morgan fingerprint density at radius 3 is 2.69 bits per heavy atom. The molecule has 9 heteroatoms. The fourth-order valence-corrected chi connectivity index (χ4v) is 4.29. The molecule has 2 aromatic heterocycles. The second-order valence-electron chi connectivity index (χ2n) is 8.30. The number of nitrogens with one attached hydrogen (secondary N) is 2. The summed E-state index contributed by atoms with van der Waals surface area (Å²) in [5, 5.41) is 5.51. The Hall–Kier alpha value is -3.49. The summed E-state index contributed by atoms with van der Waals surface area (Å²) < 4.78 is 5.78. The van der Waals surface area contributed by atoms with Crippen LogP contribution in [-0.2, 0) is 16.2 Å². The van der Waals surface area contributed by atoms with Gasteiger partial charge in [-0.3, -0.25) is 19.5 Å². The number of hydrogen-bond acceptors (Lipinski definition) is 6. The van der Waals surface area contributed by atoms with Crippen molar-refractivity contribution < 1.29 is 19.1 Å². The average molecular weight is 438 g/mol. The highest BCUT2D eigenvalue weighted by Crippen LogP contribution is 2.37. The van der Waals surface area contributed by atoms with E-state index in [1.807, 2.05) is 12.1 Å². The number of hydrogen-bond donors (Lipinski definition) is 2. The quantitative estimate of drug-likeness (QED) is 0.644. The fourth-order valence-electron chi connectivity index (χ4n) is 4.29. The Morgan fingerprint density at radius 2 is 1.97 bits per heavy atom. The molecule has 0 unspecified atom stereocenters. The number of imide groups is 1. The molecule has 1 spiro atoms. The molecule has 1 aliphatic carbocycles. The van der Waals surface area contributed by atoms with E-state index in [0.29, 0.717) is 24.5 Å². The van der Waals surface area contributed by atoms with Gasteiger partial charge in [-0.1, -0.05) is 13.3 Å². The molecule has 0 aromatic carbocycles. The standard InChI is InChI=1S/C23H27N5O4/c1-2-16-5-9-23(10-6-16)21(30)28(22(31)27-23)14-19(29)26-20-18(4-3-11-25-20)32-15-17-7-12-24-13-8-17/h3-4,7-8,11-13,16H,2,5-6,9-10,14-15H2,1H3,(H,27,31)(H,25,26,29). The molecule has 2 aromatic rings. The predicted molar refractivity (Wildman–Crippen MR) is 117 cm³/mol. The number of carbonyl (C=O) groups is 3. The van der Waals surface area contributed by atoms with Gasteiger partial charge in [0, 0.05) is 18.6 Å². The van der Waals surface area contributed by atoms with E-state index in [1.54, 1.807) is 24.5 Å². The topological polar surface area (TPSA) is 114 Å². The van der Waals surface area contributed by atoms with Crippen molar-refractivity contribution in [3.05, 3.63) is 48.4 Å². The number of urea groups is 1. The molecule has 2 fully saturated rings. The van der Waals surface area contributed by atoms with Gasteiger partial charge >= 0.3 is 6.03 Å². The zero-order valence-corrected chi connectivity index (χ0v) is 18.0. The molecular weight excluding hydrogens is 410 g/mol. The summed E-state index contributed by atoms with van der Waals surface area (Å²) in [6, 6.07) is 6.53. The van der Waals surface area contributed by atoms with E-state index in [4.69, 9.17) is 4.74 Å². The minimum atomic E-state index is -0.868. The molecule has 168 valence electrons. The first-order valence-electron chi connectivity index (χ1n) is 10.9. The third-order valence-corrected chi connectivity index (χ3v) is 6.26. The van der Waals surface area contributed by atoms with Crippen molar-refractivity contribution in [2.75, 3.05) is 11.9 Å². The van der Waals surface area contributed by atoms with Crippen molar-refractivity contribution in [1.29, 1.82) is 0 Å². The summed E-state index contributed by atoms with van der Waals surface area (Å²) in [5.74, 6) is 0.376. The first-order chi connectivity index (χ1) is 15.5. The lowest BCUT2D eigenvalue weighted by Crippen LogP contribution is -2.49. The highest BCUT2D eigenvalue weighted by atomic mass is 16.5. The van der Waals surface area contributed by atoms with Crippen molar-refractivity contribution in [2.24, 2.45) is 5.92 Å². The Morgan fingerprint density at radius 1 is 1.22 bits per heavy atom. The summed E-state index contributed by atoms with van der Waals surface area (Å²) in [6.45, 7) is 2.05. The van der Waals surface area contributed by atoms with Crippen LogP contribution in [0.5, 0.6) is 5.75 Å². The van der Waals surface area contributed by atoms with Crippen LogP contribution in [0.2, 0.25) is 0 Å². The van der Waals surface area contributed by atoms with Crippen LogP contribution in [0, 0.1) is 5.92 Å². The number of amides is 4. The van der Waals surface area contributed by atoms with Crippen LogP contribution in [0.4, 0.5) is 10.6 Å². The number of rotatable bonds is 7. The smallest absolute Gasteiger partial charge is 0.325 e. The van der Waals surface area contributed by atoms with Gasteiger partial charge in [0.25, 0.3) is 5.91 Å². The van der Waals surface area contributed by atoms with E-state index in [9.17, 15) is 14.4 Å². The van der Waals surface area contributed by atoms with Crippen molar-refractivity contribution >= 4 is 23.7 Å². The van der Waals surface area contributed by atoms with E-state index in [1.165, 1.54) is 6.20 Å². The zero-order valence-electron chi connectivity index (χ0n) is 18.0. The van der Waals surface area contributed by atoms with Crippen LogP contribution in [0.25, 0.3) is 0 Å². The minimum Gasteiger partial charge on any atom is -0.485 e. The van der Waals surface area contributed by atoms with Crippen LogP contribution in [0.15, 0.2) is 42.9 Å². The summed E-state index contributed by atoms with van der Waals surface area (Å²) >= 11 is 0. The molecule has 4 amide bonds. The lowest BCUT2D eigenvalue weighted by atomic mass is 9.75. The third-order valence-electron chi connectivity index (χ3n) is 6.26. The number of aromatic nitrogens is 2. The van der Waals surface area contributed by atoms with Crippen LogP contribution in [0.3, 0.4) is 0 Å². The summed E-state index contributed by atoms with van der Waals surface area (Å²) in [6.07, 6.45) is 8.96. The Bertz CT molecular complexity index is 989. The predicted octanol–water partition coefficient (Wildman–Crippen LogP) is 2.88. The van der Waals surface area contributed by atoms with Crippen LogP contribution in [-0.4, -0.2) is 44.8 Å². The van der Waals surface area contributed by atoms with E-state index in [2.05, 4.69) is 27.5 Å². The van der Waals surface area contributed by atoms with Gasteiger partial charge in [-0.15, -0.1) is 0 Å². The largest absolute Gasteiger partial charge is 0.485 e. The lowest BCUT2D eigenvalue weighted by molar-refractivity contribution is -0.135. The molecule has 0 bridgehead atoms. The Balaban J connectivity index is 1.38. The van der Waals surface area contributed by atoms with Gasteiger partial charge in [-0.05, 0) is 61.4 Å². The van der Waals surface area contributed by atoms with Gasteiger partial charge in [0.05, 0.1) is 0 Å². The van der Waals surface area contributed by atoms with E-state index in [0.717, 1.165) is 29.7 Å². The van der Waals surface area contributed by atoms with Crippen molar-refractivity contribution in [1.82, 2.24) is 20.2 Å². The number of ether oxygens (including phenoxy) is 1. The first kappa shape index (κ1) is 21.7. The van der Waals surface area contributed by atoms with Crippen LogP contribution >= 0.6 is 0 Å². The molecule has 1 saturated heterocycles. The Labute approximate surface area is 186 Å². The summed E-state index contributed by atoms with van der Waals surface area (Å²) in [4.78, 5) is 47.3. The van der Waals surface area contributed by atoms with Crippen molar-refractivity contribution in [2.45, 2.75) is 51.2 Å². The van der Waals surface area contributed by atoms with Gasteiger partial charge in [0.1, 0.15) is 18.7 Å². The lowest BCUT2D eigenvalue weighted by Gasteiger charge is -2.34.